The zero-order valence-electron chi connectivity index (χ0n) is 27.1. The summed E-state index contributed by atoms with van der Waals surface area (Å²) in [5, 5.41) is 0. The molecule has 1 unspecified atom stereocenters. The van der Waals surface area contributed by atoms with Crippen LogP contribution in [0.25, 0.3) is 0 Å². The smallest absolute Gasteiger partial charge is 0.00952 e. The molecule has 1 saturated heterocycles. The topological polar surface area (TPSA) is 3.24 Å². The first kappa shape index (κ1) is 36.0. The normalized spacial score (nSPS) is 16.4. The van der Waals surface area contributed by atoms with Gasteiger partial charge in [-0.2, -0.15) is 0 Å². The Morgan fingerprint density at radius 2 is 0.737 bits per heavy atom. The second-order valence-corrected chi connectivity index (χ2v) is 13.2. The maximum absolute atomic E-state index is 2.90. The highest BCUT2D eigenvalue weighted by atomic mass is 15.2. The van der Waals surface area contributed by atoms with Gasteiger partial charge in [-0.1, -0.05) is 194 Å². The first-order valence-electron chi connectivity index (χ1n) is 18.6. The summed E-state index contributed by atoms with van der Waals surface area (Å²) in [5.74, 6) is 0. The number of rotatable bonds is 30. The molecule has 228 valence electrons. The van der Waals surface area contributed by atoms with Gasteiger partial charge in [0.05, 0.1) is 0 Å². The molecule has 0 N–H and O–H groups in total. The van der Waals surface area contributed by atoms with Crippen molar-refractivity contribution in [3.05, 3.63) is 0 Å². The highest BCUT2D eigenvalue weighted by Gasteiger charge is 2.21. The van der Waals surface area contributed by atoms with Crippen molar-refractivity contribution in [2.24, 2.45) is 0 Å². The Bertz CT molecular complexity index is 392. The third kappa shape index (κ3) is 23.8. The largest absolute Gasteiger partial charge is 0.300 e. The molecule has 0 aromatic heterocycles. The van der Waals surface area contributed by atoms with Crippen LogP contribution in [0.3, 0.4) is 0 Å². The van der Waals surface area contributed by atoms with Gasteiger partial charge < -0.3 is 4.90 Å². The molecule has 1 aliphatic heterocycles. The molecule has 1 nitrogen and oxygen atoms in total. The van der Waals surface area contributed by atoms with Crippen LogP contribution in [0, 0.1) is 0 Å². The zero-order valence-corrected chi connectivity index (χ0v) is 27.1. The lowest BCUT2D eigenvalue weighted by atomic mass is 9.95. The number of nitrogens with zero attached hydrogens (tertiary/aromatic N) is 1. The number of hydrogen-bond donors (Lipinski definition) is 0. The fourth-order valence-electron chi connectivity index (χ4n) is 6.77. The van der Waals surface area contributed by atoms with Gasteiger partial charge in [0.25, 0.3) is 0 Å². The number of hydrogen-bond acceptors (Lipinski definition) is 1. The van der Waals surface area contributed by atoms with Crippen LogP contribution in [0.15, 0.2) is 0 Å². The molecular weight excluding hydrogens is 458 g/mol. The van der Waals surface area contributed by atoms with E-state index in [0.717, 1.165) is 6.04 Å². The monoisotopic (exact) mass is 534 g/mol. The molecule has 1 atom stereocenters. The molecule has 0 spiro atoms. The van der Waals surface area contributed by atoms with Gasteiger partial charge in [-0.15, -0.1) is 0 Å². The quantitative estimate of drug-likeness (QED) is 0.0830. The van der Waals surface area contributed by atoms with Crippen LogP contribution in [0.5, 0.6) is 0 Å². The van der Waals surface area contributed by atoms with Crippen LogP contribution in [0.4, 0.5) is 0 Å². The van der Waals surface area contributed by atoms with Crippen molar-refractivity contribution in [1.82, 2.24) is 4.90 Å². The zero-order chi connectivity index (χ0) is 27.2. The van der Waals surface area contributed by atoms with Gasteiger partial charge in [0.1, 0.15) is 0 Å². The third-order valence-electron chi connectivity index (χ3n) is 9.44. The minimum absolute atomic E-state index is 0.919. The van der Waals surface area contributed by atoms with E-state index >= 15 is 0 Å². The van der Waals surface area contributed by atoms with E-state index in [1.807, 2.05) is 0 Å². The molecule has 1 fully saturated rings. The average molecular weight is 534 g/mol. The summed E-state index contributed by atoms with van der Waals surface area (Å²) in [7, 11) is 0. The number of piperidine rings is 1. The standard InChI is InChI=1S/C37H75N/c1-3-5-7-9-11-13-15-17-19-21-23-25-27-29-33-37-34-30-32-36-38(37)35-31-28-26-24-22-20-18-16-14-12-10-8-6-4-2/h37H,3-36H2,1-2H3. The Hall–Kier alpha value is -0.0400. The predicted molar refractivity (Wildman–Crippen MR) is 174 cm³/mol. The fraction of sp³-hybridized carbons (Fsp3) is 1.00. The minimum atomic E-state index is 0.919. The highest BCUT2D eigenvalue weighted by Crippen LogP contribution is 2.23. The minimum Gasteiger partial charge on any atom is -0.300 e. The number of likely N-dealkylation sites (tertiary alicyclic amines) is 1. The lowest BCUT2D eigenvalue weighted by Gasteiger charge is -2.36. The Morgan fingerprint density at radius 1 is 0.395 bits per heavy atom. The summed E-state index contributed by atoms with van der Waals surface area (Å²) in [6, 6.07) is 0.919. The molecule has 0 aromatic carbocycles. The Labute approximate surface area is 243 Å². The van der Waals surface area contributed by atoms with Crippen molar-refractivity contribution >= 4 is 0 Å². The van der Waals surface area contributed by atoms with Crippen LogP contribution < -0.4 is 0 Å². The van der Waals surface area contributed by atoms with Gasteiger partial charge >= 0.3 is 0 Å². The molecular formula is C37H75N. The van der Waals surface area contributed by atoms with Gasteiger partial charge in [0.2, 0.25) is 0 Å². The van der Waals surface area contributed by atoms with Crippen molar-refractivity contribution in [3.8, 4) is 0 Å². The molecule has 0 bridgehead atoms. The second-order valence-electron chi connectivity index (χ2n) is 13.2. The van der Waals surface area contributed by atoms with Gasteiger partial charge in [0.15, 0.2) is 0 Å². The fourth-order valence-corrected chi connectivity index (χ4v) is 6.77. The van der Waals surface area contributed by atoms with Crippen LogP contribution in [-0.2, 0) is 0 Å². The van der Waals surface area contributed by atoms with Crippen molar-refractivity contribution in [2.75, 3.05) is 13.1 Å². The SMILES string of the molecule is CCCCCCCCCCCCCCCCC1CCCCN1CCCCCCCCCCCCCCCC. The summed E-state index contributed by atoms with van der Waals surface area (Å²) in [5.41, 5.74) is 0. The molecule has 0 amide bonds. The predicted octanol–water partition coefficient (Wildman–Crippen LogP) is 13.2. The van der Waals surface area contributed by atoms with Crippen LogP contribution >= 0.6 is 0 Å². The average Bonchev–Trinajstić information content (AvgIpc) is 2.94. The van der Waals surface area contributed by atoms with Crippen molar-refractivity contribution in [3.63, 3.8) is 0 Å². The maximum Gasteiger partial charge on any atom is 0.00952 e. The van der Waals surface area contributed by atoms with Gasteiger partial charge in [-0.3, -0.25) is 0 Å². The van der Waals surface area contributed by atoms with E-state index < -0.39 is 0 Å². The lowest BCUT2D eigenvalue weighted by molar-refractivity contribution is 0.135. The van der Waals surface area contributed by atoms with E-state index in [0.29, 0.717) is 0 Å². The second kappa shape index (κ2) is 29.9. The first-order chi connectivity index (χ1) is 18.9. The molecule has 1 rings (SSSR count). The molecule has 1 aliphatic rings. The molecule has 0 saturated carbocycles. The summed E-state index contributed by atoms with van der Waals surface area (Å²) >= 11 is 0. The number of unbranched alkanes of at least 4 members (excludes halogenated alkanes) is 26. The van der Waals surface area contributed by atoms with E-state index in [-0.39, 0.29) is 0 Å². The molecule has 38 heavy (non-hydrogen) atoms. The van der Waals surface area contributed by atoms with Crippen molar-refractivity contribution < 1.29 is 0 Å². The lowest BCUT2D eigenvalue weighted by Crippen LogP contribution is -2.40. The summed E-state index contributed by atoms with van der Waals surface area (Å²) in [4.78, 5) is 2.90. The van der Waals surface area contributed by atoms with Gasteiger partial charge in [0, 0.05) is 6.04 Å². The Balaban J connectivity index is 1.86. The summed E-state index contributed by atoms with van der Waals surface area (Å²) < 4.78 is 0. The molecule has 1 heterocycles. The molecule has 0 radical (unpaired) electrons. The maximum atomic E-state index is 2.90. The first-order valence-corrected chi connectivity index (χ1v) is 18.6. The van der Waals surface area contributed by atoms with E-state index in [4.69, 9.17) is 0 Å². The molecule has 1 heteroatoms. The van der Waals surface area contributed by atoms with Crippen LogP contribution in [0.2, 0.25) is 0 Å². The van der Waals surface area contributed by atoms with E-state index in [1.165, 1.54) is 219 Å². The molecule has 0 aliphatic carbocycles. The third-order valence-corrected chi connectivity index (χ3v) is 9.44. The van der Waals surface area contributed by atoms with Crippen molar-refractivity contribution in [1.29, 1.82) is 0 Å². The van der Waals surface area contributed by atoms with Crippen LogP contribution in [-0.4, -0.2) is 24.0 Å². The summed E-state index contributed by atoms with van der Waals surface area (Å²) in [6.07, 6.45) is 47.1. The Kier molecular flexibility index (Phi) is 28.3. The molecule has 0 aromatic rings. The van der Waals surface area contributed by atoms with Crippen molar-refractivity contribution in [2.45, 2.75) is 225 Å². The highest BCUT2D eigenvalue weighted by molar-refractivity contribution is 4.77. The summed E-state index contributed by atoms with van der Waals surface area (Å²) in [6.45, 7) is 7.40. The Morgan fingerprint density at radius 3 is 1.13 bits per heavy atom. The van der Waals surface area contributed by atoms with E-state index in [2.05, 4.69) is 18.7 Å². The van der Waals surface area contributed by atoms with Gasteiger partial charge in [-0.05, 0) is 38.8 Å². The van der Waals surface area contributed by atoms with Crippen LogP contribution in [0.1, 0.15) is 219 Å². The van der Waals surface area contributed by atoms with Gasteiger partial charge in [-0.25, -0.2) is 0 Å². The van der Waals surface area contributed by atoms with E-state index in [1.54, 1.807) is 0 Å². The van der Waals surface area contributed by atoms with E-state index in [9.17, 15) is 0 Å².